The van der Waals surface area contributed by atoms with E-state index in [-0.39, 0.29) is 22.9 Å². The predicted octanol–water partition coefficient (Wildman–Crippen LogP) is 2.53. The molecule has 6 nitrogen and oxygen atoms in total. The number of alkyl halides is 3. The molecule has 0 amide bonds. The molecule has 0 radical (unpaired) electrons. The standard InChI is InChI=1S/C15H14ClF3N2O4S2/c16-11-3-6-14(13(9-11)15(17,18)19)27(24,25)21-8-7-10-1-4-12(5-2-10)26(20,22)23/h1-6,9,21H,7-8H2,(H2,20,22,23). The van der Waals surface area contributed by atoms with Crippen LogP contribution < -0.4 is 9.86 Å². The van der Waals surface area contributed by atoms with E-state index in [0.717, 1.165) is 12.1 Å². The van der Waals surface area contributed by atoms with Crippen molar-refractivity contribution in [1.82, 2.24) is 4.72 Å². The van der Waals surface area contributed by atoms with Crippen molar-refractivity contribution in [1.29, 1.82) is 0 Å². The van der Waals surface area contributed by atoms with Gasteiger partial charge in [0.2, 0.25) is 20.0 Å². The van der Waals surface area contributed by atoms with E-state index in [4.69, 9.17) is 16.7 Å². The number of sulfonamides is 2. The van der Waals surface area contributed by atoms with E-state index in [9.17, 15) is 30.0 Å². The molecular formula is C15H14ClF3N2O4S2. The first-order valence-electron chi connectivity index (χ1n) is 7.29. The first-order valence-corrected chi connectivity index (χ1v) is 10.7. The van der Waals surface area contributed by atoms with Crippen LogP contribution in [0.2, 0.25) is 5.02 Å². The number of hydrogen-bond acceptors (Lipinski definition) is 4. The molecule has 2 aromatic rings. The zero-order chi connectivity index (χ0) is 20.5. The molecule has 0 unspecified atom stereocenters. The summed E-state index contributed by atoms with van der Waals surface area (Å²) in [5, 5.41) is 4.73. The van der Waals surface area contributed by atoms with Gasteiger partial charge in [-0.1, -0.05) is 23.7 Å². The first-order chi connectivity index (χ1) is 12.3. The maximum Gasteiger partial charge on any atom is 0.417 e. The van der Waals surface area contributed by atoms with Crippen LogP contribution >= 0.6 is 11.6 Å². The Labute approximate surface area is 159 Å². The number of benzene rings is 2. The molecule has 0 heterocycles. The van der Waals surface area contributed by atoms with Gasteiger partial charge in [-0.05, 0) is 42.3 Å². The van der Waals surface area contributed by atoms with Gasteiger partial charge in [-0.3, -0.25) is 0 Å². The summed E-state index contributed by atoms with van der Waals surface area (Å²) in [6.45, 7) is -0.197. The molecule has 3 N–H and O–H groups in total. The molecule has 0 atom stereocenters. The fourth-order valence-corrected chi connectivity index (χ4v) is 4.14. The van der Waals surface area contributed by atoms with Crippen LogP contribution in [0, 0.1) is 0 Å². The highest BCUT2D eigenvalue weighted by atomic mass is 35.5. The summed E-state index contributed by atoms with van der Waals surface area (Å²) in [4.78, 5) is -1.04. The number of nitrogens with one attached hydrogen (secondary N) is 1. The third kappa shape index (κ3) is 5.66. The van der Waals surface area contributed by atoms with Gasteiger partial charge in [-0.2, -0.15) is 13.2 Å². The smallest absolute Gasteiger partial charge is 0.225 e. The Morgan fingerprint density at radius 2 is 1.59 bits per heavy atom. The molecular weight excluding hydrogens is 429 g/mol. The Hall–Kier alpha value is -1.66. The summed E-state index contributed by atoms with van der Waals surface area (Å²) in [5.41, 5.74) is -0.794. The van der Waals surface area contributed by atoms with E-state index in [1.807, 2.05) is 0 Å². The van der Waals surface area contributed by atoms with Gasteiger partial charge in [0.15, 0.2) is 0 Å². The fourth-order valence-electron chi connectivity index (χ4n) is 2.21. The summed E-state index contributed by atoms with van der Waals surface area (Å²) < 4.78 is 88.1. The van der Waals surface area contributed by atoms with Gasteiger partial charge in [-0.15, -0.1) is 0 Å². The molecule has 0 aliphatic carbocycles. The topological polar surface area (TPSA) is 106 Å². The number of primary sulfonamides is 1. The van der Waals surface area contributed by atoms with Gasteiger partial charge in [0.05, 0.1) is 15.4 Å². The van der Waals surface area contributed by atoms with Crippen LogP contribution in [-0.4, -0.2) is 23.4 Å². The highest BCUT2D eigenvalue weighted by Gasteiger charge is 2.37. The molecule has 0 spiro atoms. The van der Waals surface area contributed by atoms with E-state index in [0.29, 0.717) is 11.6 Å². The van der Waals surface area contributed by atoms with E-state index >= 15 is 0 Å². The summed E-state index contributed by atoms with van der Waals surface area (Å²) in [6.07, 6.45) is -4.77. The van der Waals surface area contributed by atoms with E-state index in [1.165, 1.54) is 24.3 Å². The Bertz CT molecular complexity index is 1040. The number of halogens is 4. The second kappa shape index (κ2) is 7.76. The van der Waals surface area contributed by atoms with E-state index < -0.39 is 36.7 Å². The third-order valence-corrected chi connectivity index (χ3v) is 6.18. The molecule has 0 saturated heterocycles. The lowest BCUT2D eigenvalue weighted by molar-refractivity contribution is -0.139. The van der Waals surface area contributed by atoms with Crippen molar-refractivity contribution >= 4 is 31.6 Å². The van der Waals surface area contributed by atoms with E-state index in [1.54, 1.807) is 0 Å². The van der Waals surface area contributed by atoms with Crippen LogP contribution in [0.25, 0.3) is 0 Å². The second-order valence-corrected chi connectivity index (χ2v) is 9.21. The Kier molecular flexibility index (Phi) is 6.22. The van der Waals surface area contributed by atoms with Crippen molar-refractivity contribution < 1.29 is 30.0 Å². The Morgan fingerprint density at radius 1 is 1.00 bits per heavy atom. The van der Waals surface area contributed by atoms with Gasteiger partial charge in [0.25, 0.3) is 0 Å². The minimum Gasteiger partial charge on any atom is -0.225 e. The lowest BCUT2D eigenvalue weighted by Crippen LogP contribution is -2.28. The minimum absolute atomic E-state index is 0.109. The van der Waals surface area contributed by atoms with Crippen LogP contribution in [0.3, 0.4) is 0 Å². The zero-order valence-electron chi connectivity index (χ0n) is 13.5. The fraction of sp³-hybridized carbons (Fsp3) is 0.200. The first kappa shape index (κ1) is 21.6. The van der Waals surface area contributed by atoms with Crippen LogP contribution in [0.5, 0.6) is 0 Å². The van der Waals surface area contributed by atoms with Crippen molar-refractivity contribution in [2.24, 2.45) is 5.14 Å². The zero-order valence-corrected chi connectivity index (χ0v) is 15.9. The van der Waals surface area contributed by atoms with Crippen LogP contribution in [0.15, 0.2) is 52.3 Å². The molecule has 0 bridgehead atoms. The van der Waals surface area contributed by atoms with Crippen molar-refractivity contribution in [2.45, 2.75) is 22.4 Å². The highest BCUT2D eigenvalue weighted by molar-refractivity contribution is 7.89. The van der Waals surface area contributed by atoms with Gasteiger partial charge < -0.3 is 0 Å². The molecule has 0 aliphatic heterocycles. The largest absolute Gasteiger partial charge is 0.417 e. The van der Waals surface area contributed by atoms with Crippen LogP contribution in [0.4, 0.5) is 13.2 Å². The van der Waals surface area contributed by atoms with Crippen LogP contribution in [-0.2, 0) is 32.6 Å². The monoisotopic (exact) mass is 442 g/mol. The molecule has 27 heavy (non-hydrogen) atoms. The lowest BCUT2D eigenvalue weighted by Gasteiger charge is -2.14. The molecule has 0 fully saturated rings. The quantitative estimate of drug-likeness (QED) is 0.716. The number of hydrogen-bond donors (Lipinski definition) is 2. The SMILES string of the molecule is NS(=O)(=O)c1ccc(CCNS(=O)(=O)c2ccc(Cl)cc2C(F)(F)F)cc1. The number of rotatable bonds is 6. The summed E-state index contributed by atoms with van der Waals surface area (Å²) in [5.74, 6) is 0. The Morgan fingerprint density at radius 3 is 2.11 bits per heavy atom. The maximum absolute atomic E-state index is 13.1. The van der Waals surface area contributed by atoms with Gasteiger partial charge in [0, 0.05) is 11.6 Å². The average Bonchev–Trinajstić information content (AvgIpc) is 2.53. The third-order valence-electron chi connectivity index (χ3n) is 3.49. The minimum atomic E-state index is -4.89. The predicted molar refractivity (Wildman–Crippen MR) is 93.2 cm³/mol. The van der Waals surface area contributed by atoms with Crippen molar-refractivity contribution in [3.63, 3.8) is 0 Å². The molecule has 0 saturated carbocycles. The average molecular weight is 443 g/mol. The molecule has 12 heteroatoms. The van der Waals surface area contributed by atoms with Crippen molar-refractivity contribution in [2.75, 3.05) is 6.54 Å². The molecule has 0 aliphatic rings. The van der Waals surface area contributed by atoms with Crippen molar-refractivity contribution in [3.05, 3.63) is 58.6 Å². The summed E-state index contributed by atoms with van der Waals surface area (Å²) in [7, 11) is -8.29. The molecule has 148 valence electrons. The number of nitrogens with two attached hydrogens (primary N) is 1. The maximum atomic E-state index is 13.1. The van der Waals surface area contributed by atoms with Gasteiger partial charge >= 0.3 is 6.18 Å². The van der Waals surface area contributed by atoms with Crippen molar-refractivity contribution in [3.8, 4) is 0 Å². The van der Waals surface area contributed by atoms with Crippen LogP contribution in [0.1, 0.15) is 11.1 Å². The summed E-state index contributed by atoms with van der Waals surface area (Å²) >= 11 is 5.54. The lowest BCUT2D eigenvalue weighted by atomic mass is 10.2. The second-order valence-electron chi connectivity index (χ2n) is 5.47. The van der Waals surface area contributed by atoms with Gasteiger partial charge in [0.1, 0.15) is 0 Å². The Balaban J connectivity index is 2.14. The highest BCUT2D eigenvalue weighted by Crippen LogP contribution is 2.35. The van der Waals surface area contributed by atoms with E-state index in [2.05, 4.69) is 4.72 Å². The van der Waals surface area contributed by atoms with Gasteiger partial charge in [-0.25, -0.2) is 26.7 Å². The normalized spacial score (nSPS) is 12.9. The molecule has 2 aromatic carbocycles. The molecule has 0 aromatic heterocycles. The summed E-state index contributed by atoms with van der Waals surface area (Å²) in [6, 6.07) is 7.74. The molecule has 2 rings (SSSR count).